The van der Waals surface area contributed by atoms with Gasteiger partial charge in [0, 0.05) is 5.56 Å². The predicted octanol–water partition coefficient (Wildman–Crippen LogP) is 2.43. The number of nitrogens with zero attached hydrogens (tertiary/aromatic N) is 1. The number of nitriles is 1. The van der Waals surface area contributed by atoms with Crippen molar-refractivity contribution in [1.29, 1.82) is 5.26 Å². The molecule has 1 N–H and O–H groups in total. The second-order valence-corrected chi connectivity index (χ2v) is 3.29. The minimum absolute atomic E-state index is 0.0292. The second-order valence-electron chi connectivity index (χ2n) is 3.29. The first-order chi connectivity index (χ1) is 7.47. The minimum atomic E-state index is -2.74. The molecule has 1 rings (SSSR count). The number of halogens is 2. The lowest BCUT2D eigenvalue weighted by atomic mass is 9.95. The van der Waals surface area contributed by atoms with Gasteiger partial charge < -0.3 is 5.11 Å². The van der Waals surface area contributed by atoms with E-state index < -0.39 is 18.8 Å². The molecule has 0 amide bonds. The van der Waals surface area contributed by atoms with Gasteiger partial charge in [-0.1, -0.05) is 6.07 Å². The van der Waals surface area contributed by atoms with Crippen molar-refractivity contribution in [2.24, 2.45) is 0 Å². The van der Waals surface area contributed by atoms with Crippen molar-refractivity contribution in [1.82, 2.24) is 0 Å². The van der Waals surface area contributed by atoms with Crippen LogP contribution in [-0.4, -0.2) is 11.1 Å². The second kappa shape index (κ2) is 4.71. The molecule has 3 nitrogen and oxygen atoms in total. The summed E-state index contributed by atoms with van der Waals surface area (Å²) < 4.78 is 25.2. The van der Waals surface area contributed by atoms with E-state index in [1.807, 2.05) is 6.07 Å². The third kappa shape index (κ3) is 2.34. The van der Waals surface area contributed by atoms with Crippen LogP contribution in [0.1, 0.15) is 28.7 Å². The van der Waals surface area contributed by atoms with Gasteiger partial charge in [0.2, 0.25) is 0 Å². The van der Waals surface area contributed by atoms with Crippen LogP contribution in [0.5, 0.6) is 0 Å². The summed E-state index contributed by atoms with van der Waals surface area (Å²) in [4.78, 5) is 10.6. The average Bonchev–Trinajstić information content (AvgIpc) is 2.19. The maximum atomic E-state index is 12.6. The molecule has 0 unspecified atom stereocenters. The maximum Gasteiger partial charge on any atom is 0.307 e. The number of benzene rings is 1. The van der Waals surface area contributed by atoms with Crippen LogP contribution in [0.4, 0.5) is 8.78 Å². The third-order valence-electron chi connectivity index (χ3n) is 2.32. The van der Waals surface area contributed by atoms with Crippen LogP contribution < -0.4 is 0 Å². The van der Waals surface area contributed by atoms with E-state index in [4.69, 9.17) is 10.4 Å². The van der Waals surface area contributed by atoms with Gasteiger partial charge in [-0.3, -0.25) is 4.79 Å². The van der Waals surface area contributed by atoms with Gasteiger partial charge in [-0.2, -0.15) is 5.26 Å². The minimum Gasteiger partial charge on any atom is -0.481 e. The fraction of sp³-hybridized carbons (Fsp3) is 0.273. The summed E-state index contributed by atoms with van der Waals surface area (Å²) in [5, 5.41) is 17.4. The van der Waals surface area contributed by atoms with Crippen molar-refractivity contribution < 1.29 is 18.7 Å². The Balaban J connectivity index is 3.37. The first kappa shape index (κ1) is 12.1. The van der Waals surface area contributed by atoms with Crippen molar-refractivity contribution in [3.05, 3.63) is 34.4 Å². The first-order valence-electron chi connectivity index (χ1n) is 4.49. The van der Waals surface area contributed by atoms with Crippen LogP contribution in [0.25, 0.3) is 0 Å². The molecule has 0 heterocycles. The summed E-state index contributed by atoms with van der Waals surface area (Å²) in [6, 6.07) is 4.22. The maximum absolute atomic E-state index is 12.6. The van der Waals surface area contributed by atoms with E-state index in [1.54, 1.807) is 0 Å². The normalized spacial score (nSPS) is 10.2. The van der Waals surface area contributed by atoms with Crippen LogP contribution in [0.3, 0.4) is 0 Å². The Kier molecular flexibility index (Phi) is 3.56. The molecule has 0 radical (unpaired) electrons. The molecule has 0 spiro atoms. The lowest BCUT2D eigenvalue weighted by Gasteiger charge is -2.11. The first-order valence-corrected chi connectivity index (χ1v) is 4.49. The van der Waals surface area contributed by atoms with E-state index in [2.05, 4.69) is 0 Å². The molecule has 0 saturated heterocycles. The zero-order valence-corrected chi connectivity index (χ0v) is 8.50. The van der Waals surface area contributed by atoms with Crippen molar-refractivity contribution in [2.75, 3.05) is 0 Å². The van der Waals surface area contributed by atoms with Gasteiger partial charge in [-0.25, -0.2) is 8.78 Å². The fourth-order valence-corrected chi connectivity index (χ4v) is 1.49. The topological polar surface area (TPSA) is 61.1 Å². The molecule has 0 aliphatic rings. The zero-order chi connectivity index (χ0) is 12.3. The quantitative estimate of drug-likeness (QED) is 0.859. The fourth-order valence-electron chi connectivity index (χ4n) is 1.49. The Morgan fingerprint density at radius 1 is 1.56 bits per heavy atom. The molecule has 0 aliphatic carbocycles. The Morgan fingerprint density at radius 3 is 2.62 bits per heavy atom. The average molecular weight is 225 g/mol. The molecule has 5 heteroatoms. The Morgan fingerprint density at radius 2 is 2.19 bits per heavy atom. The molecule has 0 atom stereocenters. The number of hydrogen-bond donors (Lipinski definition) is 1. The monoisotopic (exact) mass is 225 g/mol. The van der Waals surface area contributed by atoms with E-state index in [0.717, 1.165) is 6.07 Å². The van der Waals surface area contributed by atoms with Crippen molar-refractivity contribution in [2.45, 2.75) is 19.8 Å². The highest BCUT2D eigenvalue weighted by Crippen LogP contribution is 2.27. The molecule has 1 aromatic rings. The third-order valence-corrected chi connectivity index (χ3v) is 2.32. The molecule has 0 aromatic heterocycles. The van der Waals surface area contributed by atoms with E-state index in [1.165, 1.54) is 13.0 Å². The largest absolute Gasteiger partial charge is 0.481 e. The molecular weight excluding hydrogens is 216 g/mol. The van der Waals surface area contributed by atoms with Crippen LogP contribution in [0.15, 0.2) is 12.1 Å². The summed E-state index contributed by atoms with van der Waals surface area (Å²) in [6.07, 6.45) is -3.23. The van der Waals surface area contributed by atoms with Gasteiger partial charge in [0.25, 0.3) is 6.43 Å². The lowest BCUT2D eigenvalue weighted by molar-refractivity contribution is -0.136. The van der Waals surface area contributed by atoms with Crippen LogP contribution in [-0.2, 0) is 11.2 Å². The van der Waals surface area contributed by atoms with E-state index in [9.17, 15) is 13.6 Å². The van der Waals surface area contributed by atoms with E-state index >= 15 is 0 Å². The Labute approximate surface area is 90.9 Å². The molecule has 1 aromatic carbocycles. The SMILES string of the molecule is Cc1c(C#N)ccc(C(F)F)c1CC(=O)O. The van der Waals surface area contributed by atoms with Crippen LogP contribution in [0, 0.1) is 18.3 Å². The summed E-state index contributed by atoms with van der Waals surface area (Å²) >= 11 is 0. The number of carboxylic acids is 1. The molecular formula is C11H9F2NO2. The number of aliphatic carboxylic acids is 1. The highest BCUT2D eigenvalue weighted by atomic mass is 19.3. The smallest absolute Gasteiger partial charge is 0.307 e. The number of carboxylic acid groups (broad SMARTS) is 1. The van der Waals surface area contributed by atoms with E-state index in [0.29, 0.717) is 5.56 Å². The summed E-state index contributed by atoms with van der Waals surface area (Å²) in [5.41, 5.74) is 0.240. The number of carbonyl (C=O) groups is 1. The zero-order valence-electron chi connectivity index (χ0n) is 8.50. The van der Waals surface area contributed by atoms with Crippen molar-refractivity contribution in [3.63, 3.8) is 0 Å². The lowest BCUT2D eigenvalue weighted by Crippen LogP contribution is -2.07. The summed E-state index contributed by atoms with van der Waals surface area (Å²) in [5.74, 6) is -1.19. The van der Waals surface area contributed by atoms with Crippen LogP contribution >= 0.6 is 0 Å². The van der Waals surface area contributed by atoms with Gasteiger partial charge in [0.1, 0.15) is 0 Å². The number of alkyl halides is 2. The number of rotatable bonds is 3. The molecule has 0 saturated carbocycles. The standard InChI is InChI=1S/C11H9F2NO2/c1-6-7(5-14)2-3-8(11(12)13)9(6)4-10(15)16/h2-3,11H,4H2,1H3,(H,15,16). The van der Waals surface area contributed by atoms with Crippen LogP contribution in [0.2, 0.25) is 0 Å². The van der Waals surface area contributed by atoms with Gasteiger partial charge in [-0.15, -0.1) is 0 Å². The summed E-state index contributed by atoms with van der Waals surface area (Å²) in [6.45, 7) is 1.47. The van der Waals surface area contributed by atoms with Gasteiger partial charge >= 0.3 is 5.97 Å². The van der Waals surface area contributed by atoms with Crippen molar-refractivity contribution >= 4 is 5.97 Å². The highest BCUT2D eigenvalue weighted by molar-refractivity contribution is 5.72. The summed E-state index contributed by atoms with van der Waals surface area (Å²) in [7, 11) is 0. The molecule has 0 bridgehead atoms. The number of hydrogen-bond acceptors (Lipinski definition) is 2. The Hall–Kier alpha value is -1.96. The molecule has 0 aliphatic heterocycles. The van der Waals surface area contributed by atoms with Gasteiger partial charge in [0.15, 0.2) is 0 Å². The van der Waals surface area contributed by atoms with Crippen molar-refractivity contribution in [3.8, 4) is 6.07 Å². The molecule has 0 fully saturated rings. The van der Waals surface area contributed by atoms with Gasteiger partial charge in [-0.05, 0) is 24.1 Å². The molecule has 16 heavy (non-hydrogen) atoms. The highest BCUT2D eigenvalue weighted by Gasteiger charge is 2.18. The van der Waals surface area contributed by atoms with Gasteiger partial charge in [0.05, 0.1) is 18.1 Å². The Bertz CT molecular complexity index is 464. The molecule has 84 valence electrons. The van der Waals surface area contributed by atoms with E-state index in [-0.39, 0.29) is 16.7 Å². The predicted molar refractivity (Wildman–Crippen MR) is 52.2 cm³/mol.